The molecule has 0 spiro atoms. The Kier molecular flexibility index (Phi) is 5.49. The van der Waals surface area contributed by atoms with Crippen LogP contribution in [0.3, 0.4) is 0 Å². The molecule has 1 heterocycles. The lowest BCUT2D eigenvalue weighted by molar-refractivity contribution is -0.197. The standard InChI is InChI=1S/C16H22N2O4/c1-11-12(2)13(11)10-17-9-5-3-4-6-16(21)22-18-14(19)7-8-15(18)20/h13,17H,1-10H2. The molecule has 6 nitrogen and oxygen atoms in total. The van der Waals surface area contributed by atoms with Crippen LogP contribution >= 0.6 is 0 Å². The van der Waals surface area contributed by atoms with Gasteiger partial charge in [-0.3, -0.25) is 9.59 Å². The fraction of sp³-hybridized carbons (Fsp3) is 0.562. The first-order valence-electron chi connectivity index (χ1n) is 7.66. The summed E-state index contributed by atoms with van der Waals surface area (Å²) < 4.78 is 0. The summed E-state index contributed by atoms with van der Waals surface area (Å²) in [4.78, 5) is 38.9. The van der Waals surface area contributed by atoms with Gasteiger partial charge in [-0.1, -0.05) is 19.6 Å². The molecule has 1 aliphatic carbocycles. The van der Waals surface area contributed by atoms with Gasteiger partial charge in [0.2, 0.25) is 0 Å². The van der Waals surface area contributed by atoms with E-state index in [0.29, 0.717) is 17.4 Å². The zero-order valence-corrected chi connectivity index (χ0v) is 12.7. The first-order chi connectivity index (χ1) is 10.5. The van der Waals surface area contributed by atoms with Gasteiger partial charge < -0.3 is 10.2 Å². The van der Waals surface area contributed by atoms with Crippen molar-refractivity contribution in [3.63, 3.8) is 0 Å². The molecule has 0 aromatic rings. The van der Waals surface area contributed by atoms with E-state index in [1.807, 2.05) is 0 Å². The molecular weight excluding hydrogens is 284 g/mol. The molecule has 0 atom stereocenters. The number of rotatable bonds is 9. The lowest BCUT2D eigenvalue weighted by atomic mass is 10.2. The Hall–Kier alpha value is -1.95. The third-order valence-corrected chi connectivity index (χ3v) is 3.95. The van der Waals surface area contributed by atoms with E-state index in [2.05, 4.69) is 18.5 Å². The van der Waals surface area contributed by atoms with Gasteiger partial charge >= 0.3 is 5.97 Å². The number of carbonyl (C=O) groups is 3. The molecule has 1 N–H and O–H groups in total. The predicted molar refractivity (Wildman–Crippen MR) is 80.3 cm³/mol. The summed E-state index contributed by atoms with van der Waals surface area (Å²) in [6.07, 6.45) is 2.99. The number of hydrogen-bond donors (Lipinski definition) is 1. The number of hydroxylamine groups is 2. The molecule has 0 radical (unpaired) electrons. The molecule has 2 rings (SSSR count). The van der Waals surface area contributed by atoms with Crippen molar-refractivity contribution in [2.45, 2.75) is 38.5 Å². The minimum atomic E-state index is -0.526. The molecule has 22 heavy (non-hydrogen) atoms. The highest BCUT2D eigenvalue weighted by molar-refractivity contribution is 6.01. The lowest BCUT2D eigenvalue weighted by Gasteiger charge is -2.12. The van der Waals surface area contributed by atoms with Gasteiger partial charge in [0.25, 0.3) is 11.8 Å². The minimum absolute atomic E-state index is 0.123. The zero-order valence-electron chi connectivity index (χ0n) is 12.7. The summed E-state index contributed by atoms with van der Waals surface area (Å²) in [5.41, 5.74) is 2.28. The van der Waals surface area contributed by atoms with Gasteiger partial charge in [-0.15, -0.1) is 5.06 Å². The average molecular weight is 306 g/mol. The largest absolute Gasteiger partial charge is 0.333 e. The number of unbranched alkanes of at least 4 members (excludes halogenated alkanes) is 2. The highest BCUT2D eigenvalue weighted by Crippen LogP contribution is 2.40. The number of hydrogen-bond acceptors (Lipinski definition) is 5. The Balaban J connectivity index is 1.47. The number of imide groups is 1. The van der Waals surface area contributed by atoms with Gasteiger partial charge in [0, 0.05) is 31.7 Å². The molecule has 2 aliphatic rings. The maximum atomic E-state index is 11.5. The number of nitrogens with one attached hydrogen (secondary N) is 1. The maximum Gasteiger partial charge on any atom is 0.333 e. The summed E-state index contributed by atoms with van der Waals surface area (Å²) in [6, 6.07) is 0. The second kappa shape index (κ2) is 7.35. The molecule has 0 unspecified atom stereocenters. The number of nitrogens with zero attached hydrogens (tertiary/aromatic N) is 1. The van der Waals surface area contributed by atoms with E-state index in [4.69, 9.17) is 4.84 Å². The monoisotopic (exact) mass is 306 g/mol. The summed E-state index contributed by atoms with van der Waals surface area (Å²) in [5.74, 6) is -0.968. The van der Waals surface area contributed by atoms with Gasteiger partial charge in [0.15, 0.2) is 0 Å². The van der Waals surface area contributed by atoms with Crippen LogP contribution in [0.4, 0.5) is 0 Å². The summed E-state index contributed by atoms with van der Waals surface area (Å²) in [7, 11) is 0. The Morgan fingerprint density at radius 1 is 1.14 bits per heavy atom. The van der Waals surface area contributed by atoms with Crippen molar-refractivity contribution in [1.29, 1.82) is 0 Å². The SMILES string of the molecule is C=C1C(=C)C1CNCCCCCC(=O)ON1C(=O)CCC1=O. The van der Waals surface area contributed by atoms with E-state index in [-0.39, 0.29) is 19.3 Å². The third kappa shape index (κ3) is 4.27. The van der Waals surface area contributed by atoms with Crippen LogP contribution in [0.25, 0.3) is 0 Å². The molecule has 1 saturated carbocycles. The molecular formula is C16H22N2O4. The quantitative estimate of drug-likeness (QED) is 0.516. The number of amides is 2. The Morgan fingerprint density at radius 2 is 1.77 bits per heavy atom. The minimum Gasteiger partial charge on any atom is -0.330 e. The fourth-order valence-corrected chi connectivity index (χ4v) is 2.37. The van der Waals surface area contributed by atoms with Crippen molar-refractivity contribution in [2.24, 2.45) is 5.92 Å². The summed E-state index contributed by atoms with van der Waals surface area (Å²) >= 11 is 0. The van der Waals surface area contributed by atoms with Crippen molar-refractivity contribution in [3.05, 3.63) is 24.3 Å². The van der Waals surface area contributed by atoms with E-state index >= 15 is 0 Å². The normalized spacial score (nSPS) is 18.3. The molecule has 1 saturated heterocycles. The zero-order chi connectivity index (χ0) is 16.1. The first-order valence-corrected chi connectivity index (χ1v) is 7.66. The molecule has 2 amide bonds. The van der Waals surface area contributed by atoms with Gasteiger partial charge in [-0.25, -0.2) is 4.79 Å². The molecule has 0 aromatic carbocycles. The predicted octanol–water partition coefficient (Wildman–Crippen LogP) is 1.49. The fourth-order valence-electron chi connectivity index (χ4n) is 2.37. The summed E-state index contributed by atoms with van der Waals surface area (Å²) in [5, 5.41) is 3.93. The Labute approximate surface area is 130 Å². The van der Waals surface area contributed by atoms with Crippen molar-refractivity contribution >= 4 is 17.8 Å². The van der Waals surface area contributed by atoms with Gasteiger partial charge in [0.05, 0.1) is 0 Å². The van der Waals surface area contributed by atoms with Crippen LogP contribution in [0, 0.1) is 5.92 Å². The van der Waals surface area contributed by atoms with Crippen molar-refractivity contribution < 1.29 is 19.2 Å². The Bertz CT molecular complexity index is 482. The van der Waals surface area contributed by atoms with E-state index in [9.17, 15) is 14.4 Å². The van der Waals surface area contributed by atoms with Crippen molar-refractivity contribution in [2.75, 3.05) is 13.1 Å². The van der Waals surface area contributed by atoms with Crippen LogP contribution in [0.1, 0.15) is 38.5 Å². The average Bonchev–Trinajstić information content (AvgIpc) is 2.92. The Morgan fingerprint density at radius 3 is 2.36 bits per heavy atom. The topological polar surface area (TPSA) is 75.7 Å². The van der Waals surface area contributed by atoms with Gasteiger partial charge in [0.1, 0.15) is 0 Å². The molecule has 0 aromatic heterocycles. The second-order valence-electron chi connectivity index (χ2n) is 5.66. The van der Waals surface area contributed by atoms with Crippen LogP contribution in [0.5, 0.6) is 0 Å². The first kappa shape index (κ1) is 16.4. The van der Waals surface area contributed by atoms with Crippen molar-refractivity contribution in [1.82, 2.24) is 10.4 Å². The van der Waals surface area contributed by atoms with E-state index in [1.165, 1.54) is 0 Å². The maximum absolute atomic E-state index is 11.5. The van der Waals surface area contributed by atoms with Crippen LogP contribution in [-0.2, 0) is 19.2 Å². The van der Waals surface area contributed by atoms with Crippen LogP contribution in [0.15, 0.2) is 24.3 Å². The molecule has 120 valence electrons. The summed E-state index contributed by atoms with van der Waals surface area (Å²) in [6.45, 7) is 9.55. The van der Waals surface area contributed by atoms with Gasteiger partial charge in [-0.05, 0) is 30.5 Å². The highest BCUT2D eigenvalue weighted by atomic mass is 16.7. The van der Waals surface area contributed by atoms with Crippen LogP contribution in [0.2, 0.25) is 0 Å². The van der Waals surface area contributed by atoms with Crippen LogP contribution in [-0.4, -0.2) is 35.9 Å². The smallest absolute Gasteiger partial charge is 0.330 e. The van der Waals surface area contributed by atoms with E-state index in [0.717, 1.165) is 37.1 Å². The van der Waals surface area contributed by atoms with Gasteiger partial charge in [-0.2, -0.15) is 0 Å². The second-order valence-corrected chi connectivity index (χ2v) is 5.66. The molecule has 1 aliphatic heterocycles. The van der Waals surface area contributed by atoms with E-state index in [1.54, 1.807) is 0 Å². The van der Waals surface area contributed by atoms with Crippen LogP contribution < -0.4 is 5.32 Å². The van der Waals surface area contributed by atoms with E-state index < -0.39 is 17.8 Å². The lowest BCUT2D eigenvalue weighted by Crippen LogP contribution is -2.31. The molecule has 6 heteroatoms. The third-order valence-electron chi connectivity index (χ3n) is 3.95. The van der Waals surface area contributed by atoms with Crippen molar-refractivity contribution in [3.8, 4) is 0 Å². The number of carbonyl (C=O) groups excluding carboxylic acids is 3. The molecule has 2 fully saturated rings. The molecule has 0 bridgehead atoms. The highest BCUT2D eigenvalue weighted by Gasteiger charge is 2.33.